The minimum absolute atomic E-state index is 0.464. The number of methoxy groups -OCH3 is 1. The zero-order valence-electron chi connectivity index (χ0n) is 9.27. The average molecular weight is 215 g/mol. The molecule has 1 aromatic heterocycles. The normalized spacial score (nSPS) is 10.1. The molecule has 0 aliphatic rings. The molecule has 0 spiro atoms. The van der Waals surface area contributed by atoms with Gasteiger partial charge < -0.3 is 10.5 Å². The Morgan fingerprint density at radius 1 is 1.19 bits per heavy atom. The second-order valence-electron chi connectivity index (χ2n) is 3.53. The molecule has 2 aromatic rings. The molecule has 0 saturated heterocycles. The molecule has 0 saturated carbocycles. The number of hydrogen-bond donors (Lipinski definition) is 1. The third kappa shape index (κ3) is 1.95. The van der Waals surface area contributed by atoms with Gasteiger partial charge in [0.25, 0.3) is 0 Å². The van der Waals surface area contributed by atoms with Crippen LogP contribution in [-0.4, -0.2) is 17.3 Å². The van der Waals surface area contributed by atoms with Crippen LogP contribution < -0.4 is 10.5 Å². The minimum Gasteiger partial charge on any atom is -0.497 e. The van der Waals surface area contributed by atoms with Gasteiger partial charge >= 0.3 is 0 Å². The van der Waals surface area contributed by atoms with Crippen LogP contribution in [0.4, 0.5) is 5.82 Å². The molecule has 82 valence electrons. The van der Waals surface area contributed by atoms with Crippen molar-refractivity contribution in [3.8, 4) is 17.0 Å². The molecule has 0 unspecified atom stereocenters. The Morgan fingerprint density at radius 2 is 2.00 bits per heavy atom. The van der Waals surface area contributed by atoms with Gasteiger partial charge in [0, 0.05) is 5.56 Å². The van der Waals surface area contributed by atoms with Crippen molar-refractivity contribution < 1.29 is 4.74 Å². The minimum atomic E-state index is 0.464. The van der Waals surface area contributed by atoms with Crippen molar-refractivity contribution in [1.82, 2.24) is 10.2 Å². The Bertz CT molecular complexity index is 511. The molecule has 0 bridgehead atoms. The standard InChI is InChI=1S/C12H13N3O/c1-8-6-11(14-15-12(8)13)9-4-3-5-10(7-9)16-2/h3-7H,1-2H3,(H2,13,15). The molecule has 1 aromatic carbocycles. The summed E-state index contributed by atoms with van der Waals surface area (Å²) >= 11 is 0. The second-order valence-corrected chi connectivity index (χ2v) is 3.53. The zero-order chi connectivity index (χ0) is 11.5. The van der Waals surface area contributed by atoms with E-state index in [4.69, 9.17) is 10.5 Å². The topological polar surface area (TPSA) is 61.0 Å². The number of nitrogen functional groups attached to an aromatic ring is 1. The van der Waals surface area contributed by atoms with E-state index in [1.165, 1.54) is 0 Å². The molecule has 2 N–H and O–H groups in total. The first-order chi connectivity index (χ1) is 7.70. The van der Waals surface area contributed by atoms with Crippen LogP contribution in [0.1, 0.15) is 5.56 Å². The molecule has 0 atom stereocenters. The van der Waals surface area contributed by atoms with E-state index >= 15 is 0 Å². The Balaban J connectivity index is 2.46. The quantitative estimate of drug-likeness (QED) is 0.832. The van der Waals surface area contributed by atoms with Crippen molar-refractivity contribution in [2.24, 2.45) is 0 Å². The highest BCUT2D eigenvalue weighted by Crippen LogP contribution is 2.23. The molecule has 0 amide bonds. The van der Waals surface area contributed by atoms with Gasteiger partial charge in [-0.25, -0.2) is 0 Å². The molecule has 0 radical (unpaired) electrons. The first-order valence-electron chi connectivity index (χ1n) is 4.95. The lowest BCUT2D eigenvalue weighted by Crippen LogP contribution is -1.98. The number of aromatic nitrogens is 2. The van der Waals surface area contributed by atoms with Crippen molar-refractivity contribution in [2.45, 2.75) is 6.92 Å². The lowest BCUT2D eigenvalue weighted by atomic mass is 10.1. The number of benzene rings is 1. The van der Waals surface area contributed by atoms with E-state index in [-0.39, 0.29) is 0 Å². The third-order valence-corrected chi connectivity index (χ3v) is 2.39. The van der Waals surface area contributed by atoms with Crippen molar-refractivity contribution in [2.75, 3.05) is 12.8 Å². The average Bonchev–Trinajstić information content (AvgIpc) is 2.33. The summed E-state index contributed by atoms with van der Waals surface area (Å²) < 4.78 is 5.16. The van der Waals surface area contributed by atoms with Gasteiger partial charge in [-0.2, -0.15) is 0 Å². The number of aryl methyl sites for hydroxylation is 1. The summed E-state index contributed by atoms with van der Waals surface area (Å²) in [6.45, 7) is 1.91. The predicted molar refractivity (Wildman–Crippen MR) is 63.2 cm³/mol. The van der Waals surface area contributed by atoms with Crippen LogP contribution in [0.2, 0.25) is 0 Å². The van der Waals surface area contributed by atoms with E-state index in [9.17, 15) is 0 Å². The Labute approximate surface area is 94.1 Å². The van der Waals surface area contributed by atoms with Crippen LogP contribution in [0.25, 0.3) is 11.3 Å². The number of hydrogen-bond acceptors (Lipinski definition) is 4. The first kappa shape index (κ1) is 10.4. The highest BCUT2D eigenvalue weighted by atomic mass is 16.5. The zero-order valence-corrected chi connectivity index (χ0v) is 9.27. The largest absolute Gasteiger partial charge is 0.497 e. The van der Waals surface area contributed by atoms with E-state index in [1.807, 2.05) is 37.3 Å². The SMILES string of the molecule is COc1cccc(-c2cc(C)c(N)nn2)c1. The van der Waals surface area contributed by atoms with Crippen molar-refractivity contribution >= 4 is 5.82 Å². The van der Waals surface area contributed by atoms with E-state index in [1.54, 1.807) is 7.11 Å². The summed E-state index contributed by atoms with van der Waals surface area (Å²) in [6, 6.07) is 9.60. The van der Waals surface area contributed by atoms with Crippen LogP contribution in [-0.2, 0) is 0 Å². The number of ether oxygens (including phenoxy) is 1. The molecule has 0 aliphatic heterocycles. The van der Waals surface area contributed by atoms with Crippen molar-refractivity contribution in [3.05, 3.63) is 35.9 Å². The molecule has 4 heteroatoms. The van der Waals surface area contributed by atoms with Gasteiger partial charge in [-0.3, -0.25) is 0 Å². The van der Waals surface area contributed by atoms with Crippen molar-refractivity contribution in [3.63, 3.8) is 0 Å². The molecule has 0 fully saturated rings. The number of nitrogens with two attached hydrogens (primary N) is 1. The van der Waals surface area contributed by atoms with Gasteiger partial charge in [-0.05, 0) is 30.7 Å². The fraction of sp³-hybridized carbons (Fsp3) is 0.167. The summed E-state index contributed by atoms with van der Waals surface area (Å²) in [5.41, 5.74) is 8.31. The van der Waals surface area contributed by atoms with Crippen LogP contribution in [0.15, 0.2) is 30.3 Å². The maximum absolute atomic E-state index is 5.62. The van der Waals surface area contributed by atoms with Crippen LogP contribution in [0.3, 0.4) is 0 Å². The molecular weight excluding hydrogens is 202 g/mol. The smallest absolute Gasteiger partial charge is 0.149 e. The van der Waals surface area contributed by atoms with Gasteiger partial charge in [0.1, 0.15) is 11.6 Å². The Kier molecular flexibility index (Phi) is 2.72. The number of nitrogens with zero attached hydrogens (tertiary/aromatic N) is 2. The van der Waals surface area contributed by atoms with E-state index in [0.29, 0.717) is 5.82 Å². The van der Waals surface area contributed by atoms with Gasteiger partial charge in [0.05, 0.1) is 12.8 Å². The summed E-state index contributed by atoms with van der Waals surface area (Å²) in [5.74, 6) is 1.26. The fourth-order valence-electron chi connectivity index (χ4n) is 1.42. The maximum atomic E-state index is 5.62. The summed E-state index contributed by atoms with van der Waals surface area (Å²) in [4.78, 5) is 0. The predicted octanol–water partition coefficient (Wildman–Crippen LogP) is 2.04. The van der Waals surface area contributed by atoms with E-state index < -0.39 is 0 Å². The second kappa shape index (κ2) is 4.18. The van der Waals surface area contributed by atoms with Gasteiger partial charge in [0.2, 0.25) is 0 Å². The number of rotatable bonds is 2. The van der Waals surface area contributed by atoms with E-state index in [2.05, 4.69) is 10.2 Å². The molecule has 4 nitrogen and oxygen atoms in total. The Hall–Kier alpha value is -2.10. The van der Waals surface area contributed by atoms with Crippen LogP contribution in [0, 0.1) is 6.92 Å². The fourth-order valence-corrected chi connectivity index (χ4v) is 1.42. The molecular formula is C12H13N3O. The molecule has 2 rings (SSSR count). The monoisotopic (exact) mass is 215 g/mol. The summed E-state index contributed by atoms with van der Waals surface area (Å²) in [7, 11) is 1.64. The van der Waals surface area contributed by atoms with Gasteiger partial charge in [-0.1, -0.05) is 12.1 Å². The maximum Gasteiger partial charge on any atom is 0.149 e. The lowest BCUT2D eigenvalue weighted by Gasteiger charge is -2.05. The summed E-state index contributed by atoms with van der Waals surface area (Å²) in [5, 5.41) is 7.95. The third-order valence-electron chi connectivity index (χ3n) is 2.39. The first-order valence-corrected chi connectivity index (χ1v) is 4.95. The van der Waals surface area contributed by atoms with Crippen LogP contribution in [0.5, 0.6) is 5.75 Å². The van der Waals surface area contributed by atoms with E-state index in [0.717, 1.165) is 22.6 Å². The van der Waals surface area contributed by atoms with Crippen molar-refractivity contribution in [1.29, 1.82) is 0 Å². The highest BCUT2D eigenvalue weighted by Gasteiger charge is 2.04. The molecule has 1 heterocycles. The van der Waals surface area contributed by atoms with Gasteiger partial charge in [-0.15, -0.1) is 10.2 Å². The van der Waals surface area contributed by atoms with Crippen LogP contribution >= 0.6 is 0 Å². The molecule has 16 heavy (non-hydrogen) atoms. The van der Waals surface area contributed by atoms with Gasteiger partial charge in [0.15, 0.2) is 0 Å². The summed E-state index contributed by atoms with van der Waals surface area (Å²) in [6.07, 6.45) is 0. The lowest BCUT2D eigenvalue weighted by molar-refractivity contribution is 0.415. The Morgan fingerprint density at radius 3 is 2.69 bits per heavy atom. The molecule has 0 aliphatic carbocycles. The highest BCUT2D eigenvalue weighted by molar-refractivity contribution is 5.62. The number of anilines is 1.